The number of carbonyl (C=O) groups excluding carboxylic acids is 1. The van der Waals surface area contributed by atoms with E-state index < -0.39 is 5.97 Å². The number of ether oxygens (including phenoxy) is 2. The molecule has 25 heavy (non-hydrogen) atoms. The van der Waals surface area contributed by atoms with Crippen LogP contribution in [0.4, 0.5) is 0 Å². The van der Waals surface area contributed by atoms with Crippen molar-refractivity contribution in [3.8, 4) is 5.75 Å². The molecular formula is C19H25NO5. The van der Waals surface area contributed by atoms with Crippen molar-refractivity contribution in [3.05, 3.63) is 28.8 Å². The Balaban J connectivity index is 1.73. The lowest BCUT2D eigenvalue weighted by molar-refractivity contribution is -0.173. The molecule has 0 aromatic heterocycles. The molecule has 0 unspecified atom stereocenters. The van der Waals surface area contributed by atoms with E-state index in [4.69, 9.17) is 9.47 Å². The summed E-state index contributed by atoms with van der Waals surface area (Å²) in [5.41, 5.74) is 1.03. The second-order valence-corrected chi connectivity index (χ2v) is 7.64. The van der Waals surface area contributed by atoms with Gasteiger partial charge in [-0.15, -0.1) is 0 Å². The summed E-state index contributed by atoms with van der Waals surface area (Å²) < 4.78 is 11.1. The molecule has 1 amide bonds. The van der Waals surface area contributed by atoms with Gasteiger partial charge in [0.15, 0.2) is 0 Å². The first-order valence-corrected chi connectivity index (χ1v) is 8.62. The lowest BCUT2D eigenvalue weighted by Gasteiger charge is -2.51. The van der Waals surface area contributed by atoms with Crippen molar-refractivity contribution < 1.29 is 24.2 Å². The lowest BCUT2D eigenvalue weighted by atomic mass is 9.67. The van der Waals surface area contributed by atoms with Crippen LogP contribution < -0.4 is 10.1 Å². The minimum atomic E-state index is -1.12. The number of aryl methyl sites for hydroxylation is 1. The summed E-state index contributed by atoms with van der Waals surface area (Å²) in [5, 5.41) is 12.2. The number of rotatable bonds is 5. The summed E-state index contributed by atoms with van der Waals surface area (Å²) in [6.07, 6.45) is 4.14. The molecule has 2 N–H and O–H groups in total. The van der Waals surface area contributed by atoms with E-state index in [2.05, 4.69) is 12.2 Å². The molecule has 1 saturated carbocycles. The van der Waals surface area contributed by atoms with Crippen LogP contribution in [0.25, 0.3) is 0 Å². The number of hydrogen-bond donors (Lipinski definition) is 2. The van der Waals surface area contributed by atoms with Gasteiger partial charge in [0.1, 0.15) is 11.3 Å². The maximum Gasteiger partial charge on any atom is 0.339 e. The van der Waals surface area contributed by atoms with Crippen LogP contribution in [0.15, 0.2) is 12.1 Å². The average molecular weight is 347 g/mol. The smallest absolute Gasteiger partial charge is 0.339 e. The van der Waals surface area contributed by atoms with Gasteiger partial charge in [0, 0.05) is 12.1 Å². The maximum atomic E-state index is 12.6. The summed E-state index contributed by atoms with van der Waals surface area (Å²) in [7, 11) is 1.41. The quantitative estimate of drug-likeness (QED) is 0.855. The normalized spacial score (nSPS) is 27.8. The van der Waals surface area contributed by atoms with Gasteiger partial charge in [0.2, 0.25) is 0 Å². The van der Waals surface area contributed by atoms with Gasteiger partial charge >= 0.3 is 5.97 Å². The Bertz CT molecular complexity index is 687. The maximum absolute atomic E-state index is 12.6. The Morgan fingerprint density at radius 1 is 1.24 bits per heavy atom. The van der Waals surface area contributed by atoms with Crippen LogP contribution in [0.5, 0.6) is 5.75 Å². The molecule has 0 spiro atoms. The number of aromatic carboxylic acids is 1. The monoisotopic (exact) mass is 347 g/mol. The Labute approximate surface area is 147 Å². The number of nitrogens with one attached hydrogen (secondary N) is 1. The molecule has 2 bridgehead atoms. The zero-order chi connectivity index (χ0) is 18.2. The number of carbonyl (C=O) groups is 2. The predicted molar refractivity (Wildman–Crippen MR) is 92.3 cm³/mol. The molecule has 6 nitrogen and oxygen atoms in total. The number of methoxy groups -OCH3 is 1. The van der Waals surface area contributed by atoms with Gasteiger partial charge in [-0.1, -0.05) is 6.92 Å². The highest BCUT2D eigenvalue weighted by molar-refractivity contribution is 6.00. The van der Waals surface area contributed by atoms with E-state index in [9.17, 15) is 14.7 Å². The molecular weight excluding hydrogens is 322 g/mol. The number of fused-ring (bicyclic) bond motifs is 3. The summed E-state index contributed by atoms with van der Waals surface area (Å²) >= 11 is 0. The van der Waals surface area contributed by atoms with E-state index in [-0.39, 0.29) is 28.2 Å². The third-order valence-electron chi connectivity index (χ3n) is 5.69. The van der Waals surface area contributed by atoms with E-state index in [1.54, 1.807) is 13.0 Å². The molecule has 1 aromatic carbocycles. The van der Waals surface area contributed by atoms with Crippen LogP contribution in [-0.2, 0) is 4.74 Å². The molecule has 0 atom stereocenters. The van der Waals surface area contributed by atoms with Gasteiger partial charge in [-0.3, -0.25) is 4.79 Å². The minimum Gasteiger partial charge on any atom is -0.496 e. The highest BCUT2D eigenvalue weighted by Crippen LogP contribution is 2.48. The van der Waals surface area contributed by atoms with E-state index in [1.165, 1.54) is 13.2 Å². The van der Waals surface area contributed by atoms with Gasteiger partial charge < -0.3 is 19.9 Å². The van der Waals surface area contributed by atoms with Gasteiger partial charge in [-0.25, -0.2) is 4.79 Å². The largest absolute Gasteiger partial charge is 0.496 e. The van der Waals surface area contributed by atoms with E-state index in [0.29, 0.717) is 17.7 Å². The lowest BCUT2D eigenvalue weighted by Crippen LogP contribution is -2.55. The number of carboxylic acids is 1. The van der Waals surface area contributed by atoms with Gasteiger partial charge in [0.25, 0.3) is 5.91 Å². The Hall–Kier alpha value is -2.08. The molecule has 1 aromatic rings. The fourth-order valence-corrected chi connectivity index (χ4v) is 3.75. The zero-order valence-electron chi connectivity index (χ0n) is 15.0. The summed E-state index contributed by atoms with van der Waals surface area (Å²) in [4.78, 5) is 24.0. The van der Waals surface area contributed by atoms with Crippen molar-refractivity contribution in [2.45, 2.75) is 45.1 Å². The Morgan fingerprint density at radius 2 is 1.92 bits per heavy atom. The van der Waals surface area contributed by atoms with Crippen molar-refractivity contribution in [1.82, 2.24) is 5.32 Å². The van der Waals surface area contributed by atoms with Gasteiger partial charge in [0.05, 0.1) is 19.3 Å². The van der Waals surface area contributed by atoms with E-state index in [0.717, 1.165) is 32.3 Å². The van der Waals surface area contributed by atoms with Crippen LogP contribution >= 0.6 is 0 Å². The second kappa shape index (κ2) is 6.33. The van der Waals surface area contributed by atoms with Gasteiger partial charge in [-0.05, 0) is 55.7 Å². The van der Waals surface area contributed by atoms with Crippen molar-refractivity contribution in [2.24, 2.45) is 5.41 Å². The molecule has 2 saturated heterocycles. The molecule has 3 aliphatic rings. The first-order chi connectivity index (χ1) is 11.8. The van der Waals surface area contributed by atoms with Crippen LogP contribution in [-0.4, -0.2) is 42.8 Å². The number of benzene rings is 1. The van der Waals surface area contributed by atoms with E-state index in [1.807, 2.05) is 0 Å². The second-order valence-electron chi connectivity index (χ2n) is 7.64. The topological polar surface area (TPSA) is 84.9 Å². The van der Waals surface area contributed by atoms with Gasteiger partial charge in [-0.2, -0.15) is 0 Å². The van der Waals surface area contributed by atoms with Crippen molar-refractivity contribution >= 4 is 11.9 Å². The number of amides is 1. The molecule has 4 rings (SSSR count). The molecule has 2 heterocycles. The van der Waals surface area contributed by atoms with Crippen molar-refractivity contribution in [1.29, 1.82) is 0 Å². The van der Waals surface area contributed by atoms with Crippen LogP contribution in [0.2, 0.25) is 0 Å². The van der Waals surface area contributed by atoms with Crippen molar-refractivity contribution in [3.63, 3.8) is 0 Å². The fourth-order valence-electron chi connectivity index (χ4n) is 3.75. The third kappa shape index (κ3) is 3.35. The molecule has 1 aliphatic carbocycles. The van der Waals surface area contributed by atoms with Crippen LogP contribution in [0, 0.1) is 12.3 Å². The Morgan fingerprint density at radius 3 is 2.44 bits per heavy atom. The predicted octanol–water partition coefficient (Wildman–Crippen LogP) is 2.78. The van der Waals surface area contributed by atoms with Crippen molar-refractivity contribution in [2.75, 3.05) is 20.3 Å². The molecule has 3 fully saturated rings. The van der Waals surface area contributed by atoms with Crippen LogP contribution in [0.1, 0.15) is 58.9 Å². The third-order valence-corrected chi connectivity index (χ3v) is 5.69. The SMILES string of the molecule is COc1cc(C)c(C(=O)NCC23CCC(C)(CC2)CO3)cc1C(=O)O. The molecule has 0 radical (unpaired) electrons. The molecule has 2 aliphatic heterocycles. The first-order valence-electron chi connectivity index (χ1n) is 8.62. The highest BCUT2D eigenvalue weighted by atomic mass is 16.5. The highest BCUT2D eigenvalue weighted by Gasteiger charge is 2.47. The average Bonchev–Trinajstić information content (AvgIpc) is 2.60. The first kappa shape index (κ1) is 17.7. The molecule has 6 heteroatoms. The number of hydrogen-bond acceptors (Lipinski definition) is 4. The van der Waals surface area contributed by atoms with Crippen LogP contribution in [0.3, 0.4) is 0 Å². The number of carboxylic acid groups (broad SMARTS) is 1. The standard InChI is InChI=1S/C19H25NO5/c1-12-8-15(24-3)14(17(22)23)9-13(12)16(21)20-10-19-6-4-18(2,5-7-19)11-25-19/h8-9H,4-7,10-11H2,1-3H3,(H,20,21)(H,22,23). The molecule has 136 valence electrons. The minimum absolute atomic E-state index is 0.0150. The summed E-state index contributed by atoms with van der Waals surface area (Å²) in [5.74, 6) is -1.14. The summed E-state index contributed by atoms with van der Waals surface area (Å²) in [6.45, 7) is 5.22. The zero-order valence-corrected chi connectivity index (χ0v) is 15.0. The Kier molecular flexibility index (Phi) is 4.49. The summed E-state index contributed by atoms with van der Waals surface area (Å²) in [6, 6.07) is 2.96. The van der Waals surface area contributed by atoms with E-state index >= 15 is 0 Å². The fraction of sp³-hybridized carbons (Fsp3) is 0.579.